The number of piperazine rings is 1. The first-order chi connectivity index (χ1) is 11.6. The lowest BCUT2D eigenvalue weighted by Crippen LogP contribution is -2.55. The molecule has 1 aliphatic heterocycles. The molecule has 1 amide bonds. The highest BCUT2D eigenvalue weighted by atomic mass is 35.5. The Kier molecular flexibility index (Phi) is 5.38. The van der Waals surface area contributed by atoms with E-state index in [0.717, 1.165) is 15.0 Å². The maximum atomic E-state index is 12.2. The summed E-state index contributed by atoms with van der Waals surface area (Å²) in [6, 6.07) is 7.45. The molecule has 1 aromatic heterocycles. The average molecular weight is 367 g/mol. The number of hydrogen-bond acceptors (Lipinski definition) is 5. The summed E-state index contributed by atoms with van der Waals surface area (Å²) in [5.74, 6) is -0.453. The molecule has 1 saturated heterocycles. The number of carbonyl (C=O) groups is 2. The number of ether oxygens (including phenoxy) is 1. The second-order valence-corrected chi connectivity index (χ2v) is 7.29. The number of thiophene rings is 1. The van der Waals surface area contributed by atoms with Gasteiger partial charge in [-0.15, -0.1) is 11.3 Å². The topological polar surface area (TPSA) is 58.6 Å². The summed E-state index contributed by atoms with van der Waals surface area (Å²) in [6.07, 6.45) is 0.0798. The lowest BCUT2D eigenvalue weighted by molar-refractivity contribution is -0.148. The van der Waals surface area contributed by atoms with E-state index in [4.69, 9.17) is 16.3 Å². The number of halogens is 1. The van der Waals surface area contributed by atoms with Crippen LogP contribution in [0.15, 0.2) is 24.3 Å². The number of carbonyl (C=O) groups excluding carboxylic acids is 2. The van der Waals surface area contributed by atoms with E-state index in [1.807, 2.05) is 23.1 Å². The first-order valence-corrected chi connectivity index (χ1v) is 9.11. The van der Waals surface area contributed by atoms with Crippen LogP contribution in [0, 0.1) is 0 Å². The molecule has 2 aromatic rings. The van der Waals surface area contributed by atoms with Crippen LogP contribution in [-0.4, -0.2) is 42.5 Å². The lowest BCUT2D eigenvalue weighted by Gasteiger charge is -2.34. The molecule has 1 aromatic carbocycles. The second-order valence-electron chi connectivity index (χ2n) is 5.68. The van der Waals surface area contributed by atoms with Crippen molar-refractivity contribution < 1.29 is 14.3 Å². The van der Waals surface area contributed by atoms with Gasteiger partial charge in [0.2, 0.25) is 5.91 Å². The minimum atomic E-state index is -0.480. The van der Waals surface area contributed by atoms with Crippen molar-refractivity contribution in [1.29, 1.82) is 0 Å². The largest absolute Gasteiger partial charge is 0.466 e. The van der Waals surface area contributed by atoms with Gasteiger partial charge in [-0.3, -0.25) is 14.5 Å². The van der Waals surface area contributed by atoms with Crippen LogP contribution in [0.3, 0.4) is 0 Å². The van der Waals surface area contributed by atoms with Gasteiger partial charge in [0.15, 0.2) is 0 Å². The van der Waals surface area contributed by atoms with Crippen LogP contribution in [0.5, 0.6) is 0 Å². The van der Waals surface area contributed by atoms with Crippen molar-refractivity contribution in [3.8, 4) is 0 Å². The Morgan fingerprint density at radius 1 is 1.46 bits per heavy atom. The monoisotopic (exact) mass is 366 g/mol. The van der Waals surface area contributed by atoms with Crippen molar-refractivity contribution in [2.24, 2.45) is 0 Å². The molecule has 1 unspecified atom stereocenters. The highest BCUT2D eigenvalue weighted by Crippen LogP contribution is 2.29. The lowest BCUT2D eigenvalue weighted by atomic mass is 10.1. The van der Waals surface area contributed by atoms with Gasteiger partial charge < -0.3 is 10.1 Å². The first-order valence-electron chi connectivity index (χ1n) is 7.92. The van der Waals surface area contributed by atoms with E-state index < -0.39 is 6.04 Å². The minimum absolute atomic E-state index is 0.0798. The van der Waals surface area contributed by atoms with Crippen molar-refractivity contribution in [3.05, 3.63) is 34.2 Å². The fraction of sp³-hybridized carbons (Fsp3) is 0.412. The molecule has 1 aliphatic rings. The molecule has 0 aliphatic carbocycles. The molecule has 24 heavy (non-hydrogen) atoms. The van der Waals surface area contributed by atoms with E-state index in [1.165, 1.54) is 0 Å². The fourth-order valence-electron chi connectivity index (χ4n) is 2.89. The Bertz CT molecular complexity index is 761. The summed E-state index contributed by atoms with van der Waals surface area (Å²) in [7, 11) is 0. The third-order valence-corrected chi connectivity index (χ3v) is 5.32. The molecule has 0 saturated carbocycles. The zero-order valence-corrected chi connectivity index (χ0v) is 15.0. The van der Waals surface area contributed by atoms with Gasteiger partial charge in [-0.05, 0) is 30.5 Å². The minimum Gasteiger partial charge on any atom is -0.466 e. The summed E-state index contributed by atoms with van der Waals surface area (Å²) >= 11 is 7.70. The number of amides is 1. The van der Waals surface area contributed by atoms with Gasteiger partial charge in [-0.2, -0.15) is 0 Å². The number of rotatable bonds is 5. The van der Waals surface area contributed by atoms with Crippen molar-refractivity contribution in [3.63, 3.8) is 0 Å². The van der Waals surface area contributed by atoms with Gasteiger partial charge in [-0.25, -0.2) is 0 Å². The molecule has 7 heteroatoms. The standard InChI is InChI=1S/C17H19ClN2O3S/c1-2-23-16(21)9-14-17(22)19-5-6-20(14)10-13-7-11-3-4-12(18)8-15(11)24-13/h3-4,7-8,14H,2,5-6,9-10H2,1H3,(H,19,22). The van der Waals surface area contributed by atoms with Crippen LogP contribution in [0.25, 0.3) is 10.1 Å². The van der Waals surface area contributed by atoms with Gasteiger partial charge in [-0.1, -0.05) is 17.7 Å². The van der Waals surface area contributed by atoms with Crippen molar-refractivity contribution in [2.75, 3.05) is 19.7 Å². The van der Waals surface area contributed by atoms with Gasteiger partial charge in [0.05, 0.1) is 13.0 Å². The molecule has 1 N–H and O–H groups in total. The zero-order chi connectivity index (χ0) is 17.1. The molecule has 0 radical (unpaired) electrons. The van der Waals surface area contributed by atoms with Gasteiger partial charge >= 0.3 is 5.97 Å². The van der Waals surface area contributed by atoms with Gasteiger partial charge in [0.25, 0.3) is 0 Å². The number of nitrogens with one attached hydrogen (secondary N) is 1. The van der Waals surface area contributed by atoms with E-state index in [-0.39, 0.29) is 18.3 Å². The highest BCUT2D eigenvalue weighted by molar-refractivity contribution is 7.19. The van der Waals surface area contributed by atoms with Crippen LogP contribution >= 0.6 is 22.9 Å². The zero-order valence-electron chi connectivity index (χ0n) is 13.4. The number of hydrogen-bond donors (Lipinski definition) is 1. The van der Waals surface area contributed by atoms with E-state index >= 15 is 0 Å². The van der Waals surface area contributed by atoms with Crippen molar-refractivity contribution in [1.82, 2.24) is 10.2 Å². The predicted octanol–water partition coefficient (Wildman–Crippen LogP) is 2.81. The molecule has 5 nitrogen and oxygen atoms in total. The summed E-state index contributed by atoms with van der Waals surface area (Å²) in [4.78, 5) is 27.2. The van der Waals surface area contributed by atoms with E-state index in [9.17, 15) is 9.59 Å². The number of benzene rings is 1. The number of fused-ring (bicyclic) bond motifs is 1. The molecule has 0 bridgehead atoms. The third-order valence-electron chi connectivity index (χ3n) is 4.00. The summed E-state index contributed by atoms with van der Waals surface area (Å²) in [6.45, 7) is 4.03. The molecular formula is C17H19ClN2O3S. The van der Waals surface area contributed by atoms with Gasteiger partial charge in [0, 0.05) is 34.2 Å². The SMILES string of the molecule is CCOC(=O)CC1C(=O)NCCN1Cc1cc2ccc(Cl)cc2s1. The second kappa shape index (κ2) is 7.51. The molecule has 2 heterocycles. The van der Waals surface area contributed by atoms with E-state index in [0.29, 0.717) is 31.3 Å². The van der Waals surface area contributed by atoms with Crippen LogP contribution in [0.4, 0.5) is 0 Å². The predicted molar refractivity (Wildman–Crippen MR) is 95.3 cm³/mol. The Morgan fingerprint density at radius 2 is 2.29 bits per heavy atom. The number of nitrogens with zero attached hydrogens (tertiary/aromatic N) is 1. The first kappa shape index (κ1) is 17.2. The molecule has 3 rings (SSSR count). The Labute approximate surface area is 149 Å². The van der Waals surface area contributed by atoms with Crippen LogP contribution in [-0.2, 0) is 20.9 Å². The van der Waals surface area contributed by atoms with Crippen molar-refractivity contribution in [2.45, 2.75) is 25.9 Å². The van der Waals surface area contributed by atoms with E-state index in [2.05, 4.69) is 11.4 Å². The summed E-state index contributed by atoms with van der Waals surface area (Å²) in [5, 5.41) is 4.68. The molecule has 0 spiro atoms. The molecular weight excluding hydrogens is 348 g/mol. The maximum absolute atomic E-state index is 12.2. The summed E-state index contributed by atoms with van der Waals surface area (Å²) in [5.41, 5.74) is 0. The van der Waals surface area contributed by atoms with Crippen LogP contribution < -0.4 is 5.32 Å². The molecule has 128 valence electrons. The molecule has 1 fully saturated rings. The maximum Gasteiger partial charge on any atom is 0.307 e. The Balaban J connectivity index is 1.76. The highest BCUT2D eigenvalue weighted by Gasteiger charge is 2.32. The fourth-order valence-corrected chi connectivity index (χ4v) is 4.26. The van der Waals surface area contributed by atoms with Crippen molar-refractivity contribution >= 4 is 44.9 Å². The molecule has 1 atom stereocenters. The Hall–Kier alpha value is -1.63. The normalized spacial score (nSPS) is 18.6. The van der Waals surface area contributed by atoms with Crippen LogP contribution in [0.1, 0.15) is 18.2 Å². The third kappa shape index (κ3) is 3.88. The van der Waals surface area contributed by atoms with E-state index in [1.54, 1.807) is 18.3 Å². The van der Waals surface area contributed by atoms with Crippen LogP contribution in [0.2, 0.25) is 5.02 Å². The summed E-state index contributed by atoms with van der Waals surface area (Å²) < 4.78 is 6.12. The quantitative estimate of drug-likeness (QED) is 0.827. The Morgan fingerprint density at radius 3 is 3.08 bits per heavy atom. The van der Waals surface area contributed by atoms with Gasteiger partial charge in [0.1, 0.15) is 6.04 Å². The number of esters is 1. The smallest absolute Gasteiger partial charge is 0.307 e. The average Bonchev–Trinajstić information content (AvgIpc) is 2.92.